The molecule has 0 aliphatic carbocycles. The molecule has 0 saturated carbocycles. The van der Waals surface area contributed by atoms with Gasteiger partial charge in [-0.05, 0) is 48.2 Å². The van der Waals surface area contributed by atoms with E-state index in [1.165, 1.54) is 0 Å². The number of hydrogen-bond donors (Lipinski definition) is 4. The van der Waals surface area contributed by atoms with Gasteiger partial charge in [0.1, 0.15) is 17.0 Å². The Morgan fingerprint density at radius 2 is 1.73 bits per heavy atom. The van der Waals surface area contributed by atoms with Crippen molar-refractivity contribution in [2.45, 2.75) is 64.5 Å². The SMILES string of the molecule is CCC(=O)N[C@@H](C(=O)O)C(NC(=O)CBr)SCC(=O)N(CCCN)[C@@H](c1cc(-c2cc(F)ccc2F)cn1Cc1ccccc1)C(C)(C)C. The number of hydrogen-bond acceptors (Lipinski definition) is 6. The summed E-state index contributed by atoms with van der Waals surface area (Å²) in [4.78, 5) is 52.7. The second-order valence-corrected chi connectivity index (χ2v) is 14.2. The van der Waals surface area contributed by atoms with E-state index >= 15 is 4.39 Å². The van der Waals surface area contributed by atoms with Crippen LogP contribution in [0.25, 0.3) is 11.1 Å². The summed E-state index contributed by atoms with van der Waals surface area (Å²) in [6, 6.07) is 12.5. The summed E-state index contributed by atoms with van der Waals surface area (Å²) in [6.45, 7) is 8.38. The van der Waals surface area contributed by atoms with Crippen molar-refractivity contribution in [1.29, 1.82) is 0 Å². The maximum atomic E-state index is 15.1. The van der Waals surface area contributed by atoms with E-state index in [-0.39, 0.29) is 42.1 Å². The summed E-state index contributed by atoms with van der Waals surface area (Å²) in [6.07, 6.45) is 2.22. The van der Waals surface area contributed by atoms with Gasteiger partial charge in [-0.15, -0.1) is 11.8 Å². The number of nitrogens with zero attached hydrogens (tertiary/aromatic N) is 2. The fraction of sp³-hybridized carbons (Fsp3) is 0.429. The number of carbonyl (C=O) groups excluding carboxylic acids is 3. The van der Waals surface area contributed by atoms with Crippen LogP contribution in [0.1, 0.15) is 57.8 Å². The van der Waals surface area contributed by atoms with Crippen molar-refractivity contribution in [3.63, 3.8) is 0 Å². The van der Waals surface area contributed by atoms with E-state index in [4.69, 9.17) is 5.73 Å². The quantitative estimate of drug-likeness (QED) is 0.108. The number of alkyl halides is 1. The van der Waals surface area contributed by atoms with Crippen molar-refractivity contribution in [2.24, 2.45) is 11.1 Å². The van der Waals surface area contributed by atoms with Crippen LogP contribution in [0.2, 0.25) is 0 Å². The average molecular weight is 765 g/mol. The molecular formula is C35H44BrF2N5O5S. The van der Waals surface area contributed by atoms with Gasteiger partial charge in [-0.2, -0.15) is 0 Å². The first-order valence-electron chi connectivity index (χ1n) is 15.9. The van der Waals surface area contributed by atoms with E-state index in [1.807, 2.05) is 55.7 Å². The van der Waals surface area contributed by atoms with Crippen LogP contribution >= 0.6 is 27.7 Å². The van der Waals surface area contributed by atoms with Gasteiger partial charge in [0.05, 0.1) is 17.1 Å². The van der Waals surface area contributed by atoms with Gasteiger partial charge in [0.25, 0.3) is 0 Å². The normalized spacial score (nSPS) is 13.3. The third kappa shape index (κ3) is 11.1. The van der Waals surface area contributed by atoms with Gasteiger partial charge in [0.15, 0.2) is 6.04 Å². The Balaban J connectivity index is 2.11. The van der Waals surface area contributed by atoms with Crippen molar-refractivity contribution in [3.8, 4) is 11.1 Å². The largest absolute Gasteiger partial charge is 0.480 e. The minimum absolute atomic E-state index is 0.0246. The summed E-state index contributed by atoms with van der Waals surface area (Å²) >= 11 is 3.95. The molecule has 0 aliphatic rings. The molecule has 10 nitrogen and oxygen atoms in total. The second kappa shape index (κ2) is 18.3. The Kier molecular flexibility index (Phi) is 14.8. The van der Waals surface area contributed by atoms with Crippen LogP contribution < -0.4 is 16.4 Å². The standard InChI is InChI=1S/C35H44BrF2N5O5S/c1-5-28(44)40-31(34(47)48)33(41-29(45)18-36)49-21-30(46)43(15-9-14-39)32(35(2,3)4)27-16-23(25-17-24(37)12-13-26(25)38)20-42(27)19-22-10-7-6-8-11-22/h6-8,10-13,16-17,20,31-33H,5,9,14-15,18-19,21,39H2,1-4H3,(H,40,44)(H,41,45)(H,47,48)/t31-,32+,33?/m1/s1. The molecule has 3 atom stereocenters. The fourth-order valence-corrected chi connectivity index (χ4v) is 6.72. The number of thioether (sulfide) groups is 1. The summed E-state index contributed by atoms with van der Waals surface area (Å²) < 4.78 is 31.3. The highest BCUT2D eigenvalue weighted by Crippen LogP contribution is 2.41. The third-order valence-electron chi connectivity index (χ3n) is 7.72. The zero-order valence-corrected chi connectivity index (χ0v) is 30.5. The smallest absolute Gasteiger partial charge is 0.329 e. The van der Waals surface area contributed by atoms with Crippen LogP contribution in [-0.4, -0.2) is 73.9 Å². The Labute approximate surface area is 298 Å². The van der Waals surface area contributed by atoms with Gasteiger partial charge in [-0.25, -0.2) is 13.6 Å². The molecule has 5 N–H and O–H groups in total. The maximum Gasteiger partial charge on any atom is 0.329 e. The first kappa shape index (κ1) is 39.7. The monoisotopic (exact) mass is 763 g/mol. The summed E-state index contributed by atoms with van der Waals surface area (Å²) in [5.41, 5.74) is 7.46. The lowest BCUT2D eigenvalue weighted by atomic mass is 9.83. The second-order valence-electron chi connectivity index (χ2n) is 12.6. The molecule has 0 aliphatic heterocycles. The summed E-state index contributed by atoms with van der Waals surface area (Å²) in [7, 11) is 0. The molecule has 266 valence electrons. The number of aromatic nitrogens is 1. The Bertz CT molecular complexity index is 1600. The first-order valence-corrected chi connectivity index (χ1v) is 18.0. The first-order chi connectivity index (χ1) is 23.2. The number of benzene rings is 2. The molecule has 0 bridgehead atoms. The Morgan fingerprint density at radius 1 is 1.04 bits per heavy atom. The number of carbonyl (C=O) groups is 4. The van der Waals surface area contributed by atoms with Crippen LogP contribution in [0.15, 0.2) is 60.8 Å². The zero-order chi connectivity index (χ0) is 36.3. The summed E-state index contributed by atoms with van der Waals surface area (Å²) in [5, 5.41) is 13.7. The predicted octanol–water partition coefficient (Wildman–Crippen LogP) is 5.30. The number of carboxylic acids is 1. The molecule has 0 fully saturated rings. The van der Waals surface area contributed by atoms with E-state index in [0.29, 0.717) is 24.2 Å². The topological polar surface area (TPSA) is 147 Å². The predicted molar refractivity (Wildman–Crippen MR) is 191 cm³/mol. The van der Waals surface area contributed by atoms with Gasteiger partial charge in [0.2, 0.25) is 17.7 Å². The molecule has 3 rings (SSSR count). The molecule has 0 spiro atoms. The lowest BCUT2D eigenvalue weighted by Crippen LogP contribution is -2.55. The highest BCUT2D eigenvalue weighted by molar-refractivity contribution is 9.09. The lowest BCUT2D eigenvalue weighted by Gasteiger charge is -2.41. The molecule has 14 heteroatoms. The average Bonchev–Trinajstić information content (AvgIpc) is 3.46. The molecule has 1 unspecified atom stereocenters. The number of rotatable bonds is 17. The van der Waals surface area contributed by atoms with Crippen LogP contribution in [0.4, 0.5) is 8.78 Å². The maximum absolute atomic E-state index is 15.1. The minimum Gasteiger partial charge on any atom is -0.480 e. The Hall–Kier alpha value is -3.75. The number of amides is 3. The Morgan fingerprint density at radius 3 is 2.33 bits per heavy atom. The van der Waals surface area contributed by atoms with Crippen LogP contribution in [0, 0.1) is 17.0 Å². The number of aliphatic carboxylic acids is 1. The van der Waals surface area contributed by atoms with Crippen molar-refractivity contribution in [1.82, 2.24) is 20.1 Å². The van der Waals surface area contributed by atoms with E-state index < -0.39 is 52.3 Å². The molecule has 3 amide bonds. The van der Waals surface area contributed by atoms with Crippen molar-refractivity contribution < 1.29 is 33.1 Å². The number of nitrogens with two attached hydrogens (primary N) is 1. The van der Waals surface area contributed by atoms with Crippen LogP contribution in [0.3, 0.4) is 0 Å². The minimum atomic E-state index is -1.50. The number of carboxylic acid groups (broad SMARTS) is 1. The third-order valence-corrected chi connectivity index (χ3v) is 9.39. The molecule has 1 aromatic heterocycles. The molecule has 3 aromatic rings. The van der Waals surface area contributed by atoms with E-state index in [1.54, 1.807) is 24.1 Å². The molecule has 1 heterocycles. The van der Waals surface area contributed by atoms with E-state index in [9.17, 15) is 28.7 Å². The van der Waals surface area contributed by atoms with E-state index in [2.05, 4.69) is 26.6 Å². The van der Waals surface area contributed by atoms with E-state index in [0.717, 1.165) is 35.5 Å². The van der Waals surface area contributed by atoms with Crippen LogP contribution in [0.5, 0.6) is 0 Å². The van der Waals surface area contributed by atoms with Gasteiger partial charge in [-0.3, -0.25) is 14.4 Å². The van der Waals surface area contributed by atoms with Crippen molar-refractivity contribution in [3.05, 3.63) is 83.7 Å². The molecule has 0 saturated heterocycles. The van der Waals surface area contributed by atoms with Gasteiger partial charge in [0, 0.05) is 42.5 Å². The molecule has 49 heavy (non-hydrogen) atoms. The highest BCUT2D eigenvalue weighted by Gasteiger charge is 2.38. The van der Waals surface area contributed by atoms with Crippen molar-refractivity contribution in [2.75, 3.05) is 24.2 Å². The molecule has 2 aromatic carbocycles. The summed E-state index contributed by atoms with van der Waals surface area (Å²) in [5.74, 6) is -4.22. The molecular weight excluding hydrogens is 720 g/mol. The van der Waals surface area contributed by atoms with Gasteiger partial charge in [-0.1, -0.05) is 74.0 Å². The fourth-order valence-electron chi connectivity index (χ4n) is 5.48. The zero-order valence-electron chi connectivity index (χ0n) is 28.0. The van der Waals surface area contributed by atoms with Crippen LogP contribution in [-0.2, 0) is 25.7 Å². The van der Waals surface area contributed by atoms with Gasteiger partial charge >= 0.3 is 5.97 Å². The van der Waals surface area contributed by atoms with Gasteiger partial charge < -0.3 is 30.9 Å². The number of halogens is 3. The van der Waals surface area contributed by atoms with Crippen molar-refractivity contribution >= 4 is 51.4 Å². The molecule has 0 radical (unpaired) electrons. The number of nitrogens with one attached hydrogen (secondary N) is 2. The lowest BCUT2D eigenvalue weighted by molar-refractivity contribution is -0.142. The highest BCUT2D eigenvalue weighted by atomic mass is 79.9.